The van der Waals surface area contributed by atoms with Gasteiger partial charge in [-0.05, 0) is 34.4 Å². The van der Waals surface area contributed by atoms with E-state index in [1.54, 1.807) is 0 Å². The van der Waals surface area contributed by atoms with Crippen LogP contribution in [-0.2, 0) is 10.3 Å². The minimum Gasteiger partial charge on any atom is -0.370 e. The first-order valence-electron chi connectivity index (χ1n) is 6.92. The van der Waals surface area contributed by atoms with E-state index in [4.69, 9.17) is 9.32 Å². The summed E-state index contributed by atoms with van der Waals surface area (Å²) in [4.78, 5) is 0. The van der Waals surface area contributed by atoms with Crippen molar-refractivity contribution in [2.24, 2.45) is 5.14 Å². The van der Waals surface area contributed by atoms with Crippen molar-refractivity contribution in [2.75, 3.05) is 0 Å². The zero-order valence-electron chi connectivity index (χ0n) is 13.1. The van der Waals surface area contributed by atoms with Gasteiger partial charge in [-0.1, -0.05) is 53.7 Å². The molecule has 0 atom stereocenters. The molecule has 0 aliphatic carbocycles. The lowest BCUT2D eigenvalue weighted by molar-refractivity contribution is 0.477. The zero-order valence-corrected chi connectivity index (χ0v) is 13.9. The van der Waals surface area contributed by atoms with Crippen LogP contribution in [0.15, 0.2) is 12.1 Å². The van der Waals surface area contributed by atoms with Crippen LogP contribution >= 0.6 is 0 Å². The maximum atomic E-state index is 11.3. The molecule has 20 heavy (non-hydrogen) atoms. The molecular formula is C15H25NO3S. The van der Waals surface area contributed by atoms with Gasteiger partial charge in [0.25, 0.3) is 0 Å². The Balaban J connectivity index is 3.59. The molecule has 0 aromatic heterocycles. The average molecular weight is 299 g/mol. The number of rotatable bonds is 5. The SMILES string of the molecule is CC(C)c1cc(C(C)C)c(OS(N)(=O)=O)c(C(C)C)c1. The summed E-state index contributed by atoms with van der Waals surface area (Å²) in [5.74, 6) is 1.07. The van der Waals surface area contributed by atoms with Gasteiger partial charge in [-0.25, -0.2) is 0 Å². The molecule has 2 N–H and O–H groups in total. The van der Waals surface area contributed by atoms with Crippen LogP contribution < -0.4 is 9.32 Å². The van der Waals surface area contributed by atoms with Crippen molar-refractivity contribution in [1.29, 1.82) is 0 Å². The Labute approximate surface area is 122 Å². The lowest BCUT2D eigenvalue weighted by Crippen LogP contribution is -2.21. The second-order valence-corrected chi connectivity index (χ2v) is 7.22. The van der Waals surface area contributed by atoms with Gasteiger partial charge in [0.15, 0.2) is 5.75 Å². The molecule has 0 saturated carbocycles. The van der Waals surface area contributed by atoms with Crippen molar-refractivity contribution < 1.29 is 12.6 Å². The molecule has 0 heterocycles. The molecular weight excluding hydrogens is 274 g/mol. The largest absolute Gasteiger partial charge is 0.380 e. The predicted octanol–water partition coefficient (Wildman–Crippen LogP) is 3.64. The monoisotopic (exact) mass is 299 g/mol. The summed E-state index contributed by atoms with van der Waals surface area (Å²) in [7, 11) is -4.02. The van der Waals surface area contributed by atoms with Crippen LogP contribution in [0.5, 0.6) is 5.75 Å². The number of benzene rings is 1. The number of hydrogen-bond acceptors (Lipinski definition) is 3. The van der Waals surface area contributed by atoms with Crippen LogP contribution in [0.1, 0.15) is 76.0 Å². The van der Waals surface area contributed by atoms with Gasteiger partial charge in [-0.15, -0.1) is 0 Å². The summed E-state index contributed by atoms with van der Waals surface area (Å²) >= 11 is 0. The lowest BCUT2D eigenvalue weighted by atomic mass is 9.88. The first kappa shape index (κ1) is 17.0. The Hall–Kier alpha value is -1.07. The van der Waals surface area contributed by atoms with Gasteiger partial charge >= 0.3 is 10.3 Å². The third-order valence-corrected chi connectivity index (χ3v) is 3.68. The summed E-state index contributed by atoms with van der Waals surface area (Å²) in [6.07, 6.45) is 0. The molecule has 0 spiro atoms. The highest BCUT2D eigenvalue weighted by Crippen LogP contribution is 2.38. The van der Waals surface area contributed by atoms with E-state index in [0.29, 0.717) is 11.7 Å². The molecule has 1 aromatic carbocycles. The van der Waals surface area contributed by atoms with Gasteiger partial charge in [0.2, 0.25) is 0 Å². The highest BCUT2D eigenvalue weighted by molar-refractivity contribution is 7.84. The molecule has 0 unspecified atom stereocenters. The fourth-order valence-electron chi connectivity index (χ4n) is 2.10. The molecule has 0 aliphatic rings. The predicted molar refractivity (Wildman–Crippen MR) is 82.4 cm³/mol. The van der Waals surface area contributed by atoms with Crippen molar-refractivity contribution in [3.8, 4) is 5.75 Å². The van der Waals surface area contributed by atoms with Crippen molar-refractivity contribution in [3.63, 3.8) is 0 Å². The summed E-state index contributed by atoms with van der Waals surface area (Å²) in [6, 6.07) is 4.03. The second kappa shape index (κ2) is 6.14. The summed E-state index contributed by atoms with van der Waals surface area (Å²) in [5.41, 5.74) is 2.95. The molecule has 0 aliphatic heterocycles. The summed E-state index contributed by atoms with van der Waals surface area (Å²) in [5, 5.41) is 5.05. The average Bonchev–Trinajstić information content (AvgIpc) is 2.25. The summed E-state index contributed by atoms with van der Waals surface area (Å²) < 4.78 is 27.7. The van der Waals surface area contributed by atoms with E-state index in [2.05, 4.69) is 13.8 Å². The van der Waals surface area contributed by atoms with Gasteiger partial charge in [0.05, 0.1) is 0 Å². The normalized spacial score (nSPS) is 12.5. The first-order valence-corrected chi connectivity index (χ1v) is 8.40. The van der Waals surface area contributed by atoms with Crippen LogP contribution in [0, 0.1) is 0 Å². The molecule has 5 heteroatoms. The minimum absolute atomic E-state index is 0.156. The smallest absolute Gasteiger partial charge is 0.370 e. The van der Waals surface area contributed by atoms with Crippen molar-refractivity contribution in [1.82, 2.24) is 0 Å². The molecule has 0 radical (unpaired) electrons. The Morgan fingerprint density at radius 3 is 1.55 bits per heavy atom. The first-order chi connectivity index (χ1) is 9.03. The van der Waals surface area contributed by atoms with Gasteiger partial charge < -0.3 is 4.18 Å². The zero-order chi connectivity index (χ0) is 15.7. The van der Waals surface area contributed by atoms with E-state index < -0.39 is 10.3 Å². The Bertz CT molecular complexity index is 546. The van der Waals surface area contributed by atoms with Gasteiger partial charge in [0.1, 0.15) is 0 Å². The molecule has 0 saturated heterocycles. The molecule has 0 bridgehead atoms. The third kappa shape index (κ3) is 4.21. The van der Waals surface area contributed by atoms with Gasteiger partial charge in [-0.2, -0.15) is 13.6 Å². The van der Waals surface area contributed by atoms with Crippen LogP contribution in [0.4, 0.5) is 0 Å². The Morgan fingerprint density at radius 1 is 0.900 bits per heavy atom. The number of hydrogen-bond donors (Lipinski definition) is 1. The standard InChI is InChI=1S/C15H25NO3S/c1-9(2)12-7-13(10(3)4)15(19-20(16,17)18)14(8-12)11(5)6/h7-11H,1-6H3,(H2,16,17,18). The molecule has 1 rings (SSSR count). The minimum atomic E-state index is -4.02. The maximum absolute atomic E-state index is 11.3. The molecule has 0 fully saturated rings. The Kier molecular flexibility index (Phi) is 5.21. The quantitative estimate of drug-likeness (QED) is 0.902. The molecule has 4 nitrogen and oxygen atoms in total. The third-order valence-electron chi connectivity index (χ3n) is 3.28. The lowest BCUT2D eigenvalue weighted by Gasteiger charge is -2.21. The maximum Gasteiger partial charge on any atom is 0.380 e. The van der Waals surface area contributed by atoms with Crippen LogP contribution in [0.2, 0.25) is 0 Å². The van der Waals surface area contributed by atoms with Gasteiger partial charge in [-0.3, -0.25) is 0 Å². The highest BCUT2D eigenvalue weighted by Gasteiger charge is 2.21. The topological polar surface area (TPSA) is 69.4 Å². The van der Waals surface area contributed by atoms with E-state index in [1.165, 1.54) is 5.56 Å². The van der Waals surface area contributed by atoms with Crippen LogP contribution in [0.3, 0.4) is 0 Å². The van der Waals surface area contributed by atoms with E-state index in [1.807, 2.05) is 39.8 Å². The van der Waals surface area contributed by atoms with Gasteiger partial charge in [0, 0.05) is 0 Å². The molecule has 114 valence electrons. The van der Waals surface area contributed by atoms with Crippen molar-refractivity contribution in [3.05, 3.63) is 28.8 Å². The summed E-state index contributed by atoms with van der Waals surface area (Å²) in [6.45, 7) is 12.3. The van der Waals surface area contributed by atoms with E-state index in [0.717, 1.165) is 11.1 Å². The fraction of sp³-hybridized carbons (Fsp3) is 0.600. The van der Waals surface area contributed by atoms with Crippen molar-refractivity contribution in [2.45, 2.75) is 59.3 Å². The van der Waals surface area contributed by atoms with E-state index in [-0.39, 0.29) is 11.8 Å². The fourth-order valence-corrected chi connectivity index (χ4v) is 2.53. The van der Waals surface area contributed by atoms with E-state index in [9.17, 15) is 8.42 Å². The number of nitrogens with two attached hydrogens (primary N) is 1. The highest BCUT2D eigenvalue weighted by atomic mass is 32.2. The Morgan fingerprint density at radius 2 is 1.30 bits per heavy atom. The van der Waals surface area contributed by atoms with Crippen LogP contribution in [-0.4, -0.2) is 8.42 Å². The van der Waals surface area contributed by atoms with E-state index >= 15 is 0 Å². The molecule has 1 aromatic rings. The molecule has 0 amide bonds. The van der Waals surface area contributed by atoms with Crippen LogP contribution in [0.25, 0.3) is 0 Å². The van der Waals surface area contributed by atoms with Crippen molar-refractivity contribution >= 4 is 10.3 Å². The second-order valence-electron chi connectivity index (χ2n) is 6.07.